The lowest BCUT2D eigenvalue weighted by Gasteiger charge is -2.23. The molecule has 0 aromatic rings. The Balaban J connectivity index is 2.16. The first-order valence-corrected chi connectivity index (χ1v) is 5.87. The van der Waals surface area contributed by atoms with Gasteiger partial charge in [-0.2, -0.15) is 0 Å². The van der Waals surface area contributed by atoms with Crippen molar-refractivity contribution in [3.05, 3.63) is 0 Å². The van der Waals surface area contributed by atoms with E-state index in [0.29, 0.717) is 5.33 Å². The Morgan fingerprint density at radius 3 is 2.80 bits per heavy atom. The number of aliphatic hydroxyl groups excluding tert-OH is 1. The van der Waals surface area contributed by atoms with Crippen molar-refractivity contribution in [1.29, 1.82) is 0 Å². The Morgan fingerprint density at radius 2 is 2.20 bits per heavy atom. The van der Waals surface area contributed by atoms with Crippen LogP contribution in [0.1, 0.15) is 13.8 Å². The zero-order valence-corrected chi connectivity index (χ0v) is 10.1. The molecule has 15 heavy (non-hydrogen) atoms. The molecule has 2 heterocycles. The van der Waals surface area contributed by atoms with E-state index >= 15 is 0 Å². The second-order valence-corrected chi connectivity index (χ2v) is 4.79. The molecule has 0 aliphatic carbocycles. The molecule has 0 amide bonds. The summed E-state index contributed by atoms with van der Waals surface area (Å²) in [6, 6.07) is 0. The summed E-state index contributed by atoms with van der Waals surface area (Å²) < 4.78 is 15.9. The minimum absolute atomic E-state index is 0.331. The summed E-state index contributed by atoms with van der Waals surface area (Å²) in [5, 5.41) is 9.96. The molecule has 2 fully saturated rings. The molecule has 2 aliphatic heterocycles. The smallest absolute Gasteiger partial charge is 0.338 e. The number of cyclic esters (lactones) is 1. The highest BCUT2D eigenvalue weighted by atomic mass is 79.9. The largest absolute Gasteiger partial charge is 0.455 e. The van der Waals surface area contributed by atoms with Crippen LogP contribution in [0.25, 0.3) is 0 Å². The topological polar surface area (TPSA) is 65.0 Å². The van der Waals surface area contributed by atoms with Crippen molar-refractivity contribution in [2.24, 2.45) is 0 Å². The molecule has 0 spiro atoms. The molecular weight excluding hydrogens is 268 g/mol. The predicted molar refractivity (Wildman–Crippen MR) is 53.5 cm³/mol. The summed E-state index contributed by atoms with van der Waals surface area (Å²) >= 11 is 3.13. The minimum atomic E-state index is -0.793. The molecule has 6 heteroatoms. The average molecular weight is 281 g/mol. The number of hydrogen-bond donors (Lipinski definition) is 1. The number of esters is 1. The molecule has 0 aromatic heterocycles. The number of alkyl halides is 1. The molecule has 86 valence electrons. The number of carbonyl (C=O) groups is 1. The second kappa shape index (κ2) is 3.69. The van der Waals surface area contributed by atoms with E-state index in [1.807, 2.05) is 0 Å². The van der Waals surface area contributed by atoms with Crippen molar-refractivity contribution in [3.63, 3.8) is 0 Å². The summed E-state index contributed by atoms with van der Waals surface area (Å²) in [4.78, 5) is 11.4. The van der Waals surface area contributed by atoms with Crippen LogP contribution in [-0.4, -0.2) is 46.6 Å². The van der Waals surface area contributed by atoms with E-state index in [9.17, 15) is 9.90 Å². The third-order valence-corrected chi connectivity index (χ3v) is 3.14. The van der Waals surface area contributed by atoms with Crippen LogP contribution >= 0.6 is 15.9 Å². The Bertz CT molecular complexity index is 280. The molecule has 2 saturated heterocycles. The van der Waals surface area contributed by atoms with Crippen LogP contribution in [0.5, 0.6) is 0 Å². The Morgan fingerprint density at radius 1 is 1.53 bits per heavy atom. The molecule has 2 rings (SSSR count). The number of carbonyl (C=O) groups excluding carboxylic acids is 1. The van der Waals surface area contributed by atoms with Gasteiger partial charge in [-0.3, -0.25) is 0 Å². The maximum Gasteiger partial charge on any atom is 0.338 e. The molecule has 0 radical (unpaired) electrons. The molecular formula is C9H13BrO5. The van der Waals surface area contributed by atoms with Crippen molar-refractivity contribution in [1.82, 2.24) is 0 Å². The molecule has 0 saturated carbocycles. The number of ether oxygens (including phenoxy) is 3. The monoisotopic (exact) mass is 280 g/mol. The number of halogens is 1. The van der Waals surface area contributed by atoms with E-state index in [2.05, 4.69) is 15.9 Å². The zero-order valence-electron chi connectivity index (χ0n) is 8.47. The van der Waals surface area contributed by atoms with Crippen molar-refractivity contribution >= 4 is 21.9 Å². The third-order valence-electron chi connectivity index (χ3n) is 2.47. The van der Waals surface area contributed by atoms with Crippen molar-refractivity contribution in [2.45, 2.75) is 44.1 Å². The van der Waals surface area contributed by atoms with Gasteiger partial charge in [-0.1, -0.05) is 15.9 Å². The fraction of sp³-hybridized carbons (Fsp3) is 0.889. The summed E-state index contributed by atoms with van der Waals surface area (Å²) in [6.45, 7) is 3.46. The van der Waals surface area contributed by atoms with Crippen LogP contribution in [0.4, 0.5) is 0 Å². The quantitative estimate of drug-likeness (QED) is 0.578. The van der Waals surface area contributed by atoms with E-state index in [4.69, 9.17) is 14.2 Å². The fourth-order valence-corrected chi connectivity index (χ4v) is 2.23. The average Bonchev–Trinajstić information content (AvgIpc) is 2.61. The van der Waals surface area contributed by atoms with Gasteiger partial charge in [0.2, 0.25) is 0 Å². The van der Waals surface area contributed by atoms with Gasteiger partial charge >= 0.3 is 5.97 Å². The lowest BCUT2D eigenvalue weighted by atomic mass is 10.1. The molecule has 0 aromatic carbocycles. The Kier molecular flexibility index (Phi) is 2.79. The molecule has 4 atom stereocenters. The first-order valence-electron chi connectivity index (χ1n) is 4.75. The number of fused-ring (bicyclic) bond motifs is 1. The lowest BCUT2D eigenvalue weighted by molar-refractivity contribution is -0.192. The number of rotatable bonds is 2. The van der Waals surface area contributed by atoms with Gasteiger partial charge in [0.1, 0.15) is 12.2 Å². The molecule has 5 nitrogen and oxygen atoms in total. The summed E-state index contributed by atoms with van der Waals surface area (Å²) in [5.41, 5.74) is 0. The minimum Gasteiger partial charge on any atom is -0.455 e. The SMILES string of the molecule is CC1(C)O[C@@H]2[C@@H]([C@@H](O)CBr)OC(=O)[C@@H]2O1. The van der Waals surface area contributed by atoms with Gasteiger partial charge in [0.05, 0.1) is 0 Å². The third kappa shape index (κ3) is 1.91. The van der Waals surface area contributed by atoms with E-state index in [0.717, 1.165) is 0 Å². The van der Waals surface area contributed by atoms with Gasteiger partial charge < -0.3 is 19.3 Å². The molecule has 0 bridgehead atoms. The van der Waals surface area contributed by atoms with E-state index in [1.54, 1.807) is 13.8 Å². The summed E-state index contributed by atoms with van der Waals surface area (Å²) in [5.74, 6) is -1.26. The first-order chi connectivity index (χ1) is 6.94. The van der Waals surface area contributed by atoms with Gasteiger partial charge in [-0.25, -0.2) is 4.79 Å². The van der Waals surface area contributed by atoms with Crippen LogP contribution in [0.2, 0.25) is 0 Å². The van der Waals surface area contributed by atoms with Crippen LogP contribution in [0.3, 0.4) is 0 Å². The lowest BCUT2D eigenvalue weighted by Crippen LogP contribution is -2.39. The zero-order chi connectivity index (χ0) is 11.2. The standard InChI is InChI=1S/C9H13BrO5/c1-9(2)14-6-5(4(11)3-10)13-8(12)7(6)15-9/h4-7,11H,3H2,1-2H3/t4-,5+,6+,7+/m0/s1. The Hall–Kier alpha value is -0.170. The fourth-order valence-electron chi connectivity index (χ4n) is 1.87. The van der Waals surface area contributed by atoms with Crippen molar-refractivity contribution < 1.29 is 24.1 Å². The molecule has 2 aliphatic rings. The summed E-state index contributed by atoms with van der Waals surface area (Å²) in [6.07, 6.45) is -2.65. The van der Waals surface area contributed by atoms with Crippen LogP contribution < -0.4 is 0 Å². The predicted octanol–water partition coefficient (Wildman–Crippen LogP) is 0.188. The van der Waals surface area contributed by atoms with Gasteiger partial charge in [0.15, 0.2) is 18.0 Å². The van der Waals surface area contributed by atoms with Gasteiger partial charge in [-0.05, 0) is 13.8 Å². The highest BCUT2D eigenvalue weighted by Crippen LogP contribution is 2.37. The maximum absolute atomic E-state index is 11.4. The number of aliphatic hydroxyl groups is 1. The second-order valence-electron chi connectivity index (χ2n) is 4.14. The van der Waals surface area contributed by atoms with E-state index in [1.165, 1.54) is 0 Å². The van der Waals surface area contributed by atoms with Gasteiger partial charge in [0, 0.05) is 5.33 Å². The van der Waals surface area contributed by atoms with Crippen LogP contribution in [0.15, 0.2) is 0 Å². The highest BCUT2D eigenvalue weighted by molar-refractivity contribution is 9.09. The normalized spacial score (nSPS) is 40.0. The van der Waals surface area contributed by atoms with Gasteiger partial charge in [-0.15, -0.1) is 0 Å². The van der Waals surface area contributed by atoms with E-state index in [-0.39, 0.29) is 0 Å². The summed E-state index contributed by atoms with van der Waals surface area (Å²) in [7, 11) is 0. The Labute approximate surface area is 95.8 Å². The first kappa shape index (κ1) is 11.3. The van der Waals surface area contributed by atoms with Crippen molar-refractivity contribution in [3.8, 4) is 0 Å². The molecule has 1 N–H and O–H groups in total. The van der Waals surface area contributed by atoms with Crippen LogP contribution in [0, 0.1) is 0 Å². The van der Waals surface area contributed by atoms with Crippen LogP contribution in [-0.2, 0) is 19.0 Å². The molecule has 0 unspecified atom stereocenters. The van der Waals surface area contributed by atoms with E-state index < -0.39 is 36.2 Å². The highest BCUT2D eigenvalue weighted by Gasteiger charge is 2.57. The maximum atomic E-state index is 11.4. The number of hydrogen-bond acceptors (Lipinski definition) is 5. The van der Waals surface area contributed by atoms with Crippen molar-refractivity contribution in [2.75, 3.05) is 5.33 Å². The van der Waals surface area contributed by atoms with Gasteiger partial charge in [0.25, 0.3) is 0 Å².